The van der Waals surface area contributed by atoms with Crippen LogP contribution in [-0.4, -0.2) is 68.0 Å². The Labute approximate surface area is 223 Å². The highest BCUT2D eigenvalue weighted by Crippen LogP contribution is 2.37. The summed E-state index contributed by atoms with van der Waals surface area (Å²) in [6.45, 7) is 8.76. The van der Waals surface area contributed by atoms with Crippen LogP contribution in [0, 0.1) is 10.1 Å². The van der Waals surface area contributed by atoms with Gasteiger partial charge >= 0.3 is 0 Å². The van der Waals surface area contributed by atoms with E-state index in [0.717, 1.165) is 11.1 Å². The molecule has 1 N–H and O–H groups in total. The molecule has 2 aromatic carbocycles. The molecule has 4 heterocycles. The first-order valence-corrected chi connectivity index (χ1v) is 12.7. The van der Waals surface area contributed by atoms with E-state index in [1.165, 1.54) is 12.1 Å². The molecule has 0 amide bonds. The van der Waals surface area contributed by atoms with Gasteiger partial charge in [0.15, 0.2) is 17.3 Å². The Morgan fingerprint density at radius 1 is 1.03 bits per heavy atom. The summed E-state index contributed by atoms with van der Waals surface area (Å²) >= 11 is 0. The highest BCUT2D eigenvalue weighted by atomic mass is 16.7. The summed E-state index contributed by atoms with van der Waals surface area (Å²) < 4.78 is 12.8. The summed E-state index contributed by atoms with van der Waals surface area (Å²) in [6, 6.07) is 11.6. The molecule has 1 saturated heterocycles. The van der Waals surface area contributed by atoms with Gasteiger partial charge in [-0.25, -0.2) is 4.68 Å². The third-order valence-electron chi connectivity index (χ3n) is 7.14. The van der Waals surface area contributed by atoms with Crippen LogP contribution in [0.25, 0.3) is 10.9 Å². The number of hydrogen-bond acceptors (Lipinski definition) is 10. The molecule has 0 spiro atoms. The van der Waals surface area contributed by atoms with Crippen LogP contribution < -0.4 is 19.9 Å². The molecule has 0 radical (unpaired) electrons. The zero-order valence-electron chi connectivity index (χ0n) is 21.8. The lowest BCUT2D eigenvalue weighted by Crippen LogP contribution is -2.49. The molecule has 4 aromatic rings. The summed E-state index contributed by atoms with van der Waals surface area (Å²) in [4.78, 5) is 31.6. The predicted molar refractivity (Wildman–Crippen MR) is 142 cm³/mol. The van der Waals surface area contributed by atoms with Gasteiger partial charge < -0.3 is 19.4 Å². The minimum absolute atomic E-state index is 0.0598. The van der Waals surface area contributed by atoms with Gasteiger partial charge in [-0.3, -0.25) is 19.8 Å². The first-order chi connectivity index (χ1) is 18.7. The highest BCUT2D eigenvalue weighted by Gasteiger charge is 2.35. The summed E-state index contributed by atoms with van der Waals surface area (Å²) in [6.07, 6.45) is 0. The van der Waals surface area contributed by atoms with Crippen molar-refractivity contribution < 1.29 is 14.4 Å². The maximum absolute atomic E-state index is 13.5. The van der Waals surface area contributed by atoms with Crippen molar-refractivity contribution in [3.8, 4) is 11.5 Å². The Morgan fingerprint density at radius 2 is 1.72 bits per heavy atom. The van der Waals surface area contributed by atoms with Crippen molar-refractivity contribution in [3.63, 3.8) is 0 Å². The van der Waals surface area contributed by atoms with Gasteiger partial charge in [0, 0.05) is 61.0 Å². The number of rotatable bonds is 5. The number of piperazine rings is 1. The highest BCUT2D eigenvalue weighted by molar-refractivity contribution is 5.83. The standard InChI is InChI=1S/C26H28N8O5/c1-26(2,3)33-24(28-29-30-33)23(19-12-16-13-21-22(39-15-38-21)14-20(16)27-25(19)35)32-10-8-31(9-11-32)17-4-6-18(7-5-17)34(36)37/h4-7,12-14,23H,8-11,15H2,1-3H3,(H,27,35)/t23-/m1/s1. The molecule has 2 aromatic heterocycles. The van der Waals surface area contributed by atoms with Crippen molar-refractivity contribution in [1.82, 2.24) is 30.1 Å². The normalized spacial score (nSPS) is 16.5. The Balaban J connectivity index is 1.37. The topological polar surface area (TPSA) is 145 Å². The molecule has 1 fully saturated rings. The Hall–Kier alpha value is -4.52. The molecule has 2 aliphatic rings. The second-order valence-corrected chi connectivity index (χ2v) is 10.7. The molecule has 0 unspecified atom stereocenters. The number of anilines is 1. The first kappa shape index (κ1) is 24.8. The molecule has 0 aliphatic carbocycles. The van der Waals surface area contributed by atoms with Crippen LogP contribution in [0.3, 0.4) is 0 Å². The summed E-state index contributed by atoms with van der Waals surface area (Å²) in [5, 5.41) is 24.5. The number of hydrogen-bond donors (Lipinski definition) is 1. The Bertz CT molecular complexity index is 1600. The van der Waals surface area contributed by atoms with E-state index in [1.807, 2.05) is 32.9 Å². The third kappa shape index (κ3) is 4.54. The number of nitro benzene ring substituents is 1. The fourth-order valence-corrected chi connectivity index (χ4v) is 5.18. The van der Waals surface area contributed by atoms with E-state index in [2.05, 4.69) is 30.3 Å². The molecule has 202 valence electrons. The van der Waals surface area contributed by atoms with Crippen molar-refractivity contribution in [2.75, 3.05) is 37.9 Å². The lowest BCUT2D eigenvalue weighted by molar-refractivity contribution is -0.384. The van der Waals surface area contributed by atoms with Gasteiger partial charge in [-0.05, 0) is 55.5 Å². The van der Waals surface area contributed by atoms with Crippen molar-refractivity contribution in [2.45, 2.75) is 32.4 Å². The van der Waals surface area contributed by atoms with Crippen molar-refractivity contribution in [1.29, 1.82) is 0 Å². The zero-order chi connectivity index (χ0) is 27.3. The molecule has 2 aliphatic heterocycles. The molecule has 13 nitrogen and oxygen atoms in total. The van der Waals surface area contributed by atoms with Crippen LogP contribution in [-0.2, 0) is 5.54 Å². The number of nitrogens with one attached hydrogen (secondary N) is 1. The fourth-order valence-electron chi connectivity index (χ4n) is 5.18. The number of aromatic amines is 1. The summed E-state index contributed by atoms with van der Waals surface area (Å²) in [5.74, 6) is 1.81. The summed E-state index contributed by atoms with van der Waals surface area (Å²) in [5.41, 5.74) is 1.52. The number of aromatic nitrogens is 5. The van der Waals surface area contributed by atoms with Crippen LogP contribution in [0.4, 0.5) is 11.4 Å². The number of tetrazole rings is 1. The second-order valence-electron chi connectivity index (χ2n) is 10.7. The lowest BCUT2D eigenvalue weighted by Gasteiger charge is -2.40. The number of pyridine rings is 1. The number of non-ortho nitro benzene ring substituents is 1. The van der Waals surface area contributed by atoms with Gasteiger partial charge in [-0.1, -0.05) is 0 Å². The Morgan fingerprint density at radius 3 is 2.38 bits per heavy atom. The van der Waals surface area contributed by atoms with Crippen molar-refractivity contribution in [2.24, 2.45) is 0 Å². The molecule has 1 atom stereocenters. The average Bonchev–Trinajstić information content (AvgIpc) is 3.58. The van der Waals surface area contributed by atoms with Gasteiger partial charge in [-0.2, -0.15) is 0 Å². The fraction of sp³-hybridized carbons (Fsp3) is 0.385. The van der Waals surface area contributed by atoms with E-state index in [9.17, 15) is 14.9 Å². The van der Waals surface area contributed by atoms with Gasteiger partial charge in [0.1, 0.15) is 6.04 Å². The van der Waals surface area contributed by atoms with E-state index in [0.29, 0.717) is 54.6 Å². The number of nitrogens with zero attached hydrogens (tertiary/aromatic N) is 7. The van der Waals surface area contributed by atoms with Gasteiger partial charge in [0.25, 0.3) is 11.2 Å². The van der Waals surface area contributed by atoms with Crippen molar-refractivity contribution >= 4 is 22.3 Å². The molecule has 6 rings (SSSR count). The van der Waals surface area contributed by atoms with Crippen LogP contribution in [0.2, 0.25) is 0 Å². The van der Waals surface area contributed by atoms with Crippen LogP contribution in [0.15, 0.2) is 47.3 Å². The molecule has 0 bridgehead atoms. The largest absolute Gasteiger partial charge is 0.454 e. The van der Waals surface area contributed by atoms with E-state index in [4.69, 9.17) is 9.47 Å². The maximum Gasteiger partial charge on any atom is 0.269 e. The third-order valence-corrected chi connectivity index (χ3v) is 7.14. The quantitative estimate of drug-likeness (QED) is 0.301. The lowest BCUT2D eigenvalue weighted by atomic mass is 10.0. The molecule has 13 heteroatoms. The number of fused-ring (bicyclic) bond motifs is 2. The van der Waals surface area contributed by atoms with Crippen LogP contribution >= 0.6 is 0 Å². The second kappa shape index (κ2) is 9.34. The summed E-state index contributed by atoms with van der Waals surface area (Å²) in [7, 11) is 0. The number of H-pyrrole nitrogens is 1. The zero-order valence-corrected chi connectivity index (χ0v) is 21.8. The molecular weight excluding hydrogens is 504 g/mol. The van der Waals surface area contributed by atoms with E-state index >= 15 is 0 Å². The monoisotopic (exact) mass is 532 g/mol. The van der Waals surface area contributed by atoms with E-state index in [-0.39, 0.29) is 18.0 Å². The van der Waals surface area contributed by atoms with E-state index in [1.54, 1.807) is 22.9 Å². The first-order valence-electron chi connectivity index (χ1n) is 12.7. The van der Waals surface area contributed by atoms with Gasteiger partial charge in [0.2, 0.25) is 6.79 Å². The number of nitro groups is 1. The number of ether oxygens (including phenoxy) is 2. The minimum Gasteiger partial charge on any atom is -0.454 e. The van der Waals surface area contributed by atoms with Crippen molar-refractivity contribution in [3.05, 3.63) is 74.3 Å². The Kier molecular flexibility index (Phi) is 5.94. The molecule has 0 saturated carbocycles. The predicted octanol–water partition coefficient (Wildman–Crippen LogP) is 2.82. The molecule has 39 heavy (non-hydrogen) atoms. The number of benzene rings is 2. The van der Waals surface area contributed by atoms with Crippen LogP contribution in [0.5, 0.6) is 11.5 Å². The average molecular weight is 533 g/mol. The smallest absolute Gasteiger partial charge is 0.269 e. The van der Waals surface area contributed by atoms with Gasteiger partial charge in [0.05, 0.1) is 16.0 Å². The van der Waals surface area contributed by atoms with E-state index < -0.39 is 16.5 Å². The SMILES string of the molecule is CC(C)(C)n1nnnc1[C@@H](c1cc2cc3c(cc2[nH]c1=O)OCO3)N1CCN(c2ccc([N+](=O)[O-])cc2)CC1. The molecular formula is C26H28N8O5. The minimum atomic E-state index is -0.503. The maximum atomic E-state index is 13.5. The van der Waals surface area contributed by atoms with Gasteiger partial charge in [-0.15, -0.1) is 5.10 Å². The van der Waals surface area contributed by atoms with Crippen LogP contribution in [0.1, 0.15) is 38.2 Å².